The molecule has 8 heteroatoms. The van der Waals surface area contributed by atoms with Crippen LogP contribution in [0.2, 0.25) is 0 Å². The molecule has 3 rings (SSSR count). The maximum atomic E-state index is 12.4. The number of aromatic nitrogens is 2. The topological polar surface area (TPSA) is 99.8 Å². The number of carboxylic acid groups (broad SMARTS) is 1. The number of aliphatic carboxylic acids is 1. The van der Waals surface area contributed by atoms with Crippen LogP contribution in [0, 0.1) is 6.92 Å². The van der Waals surface area contributed by atoms with Crippen molar-refractivity contribution in [3.8, 4) is 0 Å². The standard InChI is InChI=1S/C16H17N5O3/c1-10-8-14(20(2)18-10)17-15(22)12-9-13(16(23)24)21(19-12)11-6-4-3-5-7-11/h3-8,13H,9H2,1-2H3,(H,17,22)(H,23,24). The summed E-state index contributed by atoms with van der Waals surface area (Å²) in [6.45, 7) is 1.82. The SMILES string of the molecule is Cc1cc(NC(=O)C2=NN(c3ccccc3)C(C(=O)O)C2)n(C)n1. The Morgan fingerprint density at radius 2 is 2.00 bits per heavy atom. The minimum absolute atomic E-state index is 0.0346. The number of aryl methyl sites for hydroxylation is 2. The van der Waals surface area contributed by atoms with Gasteiger partial charge in [0, 0.05) is 19.5 Å². The highest BCUT2D eigenvalue weighted by atomic mass is 16.4. The van der Waals surface area contributed by atoms with Crippen molar-refractivity contribution in [1.82, 2.24) is 9.78 Å². The van der Waals surface area contributed by atoms with E-state index >= 15 is 0 Å². The van der Waals surface area contributed by atoms with Gasteiger partial charge in [0.25, 0.3) is 5.91 Å². The van der Waals surface area contributed by atoms with Gasteiger partial charge in [-0.2, -0.15) is 10.2 Å². The lowest BCUT2D eigenvalue weighted by Crippen LogP contribution is -2.34. The lowest BCUT2D eigenvalue weighted by Gasteiger charge is -2.19. The van der Waals surface area contributed by atoms with Gasteiger partial charge < -0.3 is 10.4 Å². The Morgan fingerprint density at radius 3 is 2.58 bits per heavy atom. The van der Waals surface area contributed by atoms with E-state index in [2.05, 4.69) is 15.5 Å². The molecule has 124 valence electrons. The number of carbonyl (C=O) groups is 2. The van der Waals surface area contributed by atoms with Gasteiger partial charge >= 0.3 is 5.97 Å². The number of hydrazone groups is 1. The van der Waals surface area contributed by atoms with Crippen molar-refractivity contribution >= 4 is 29.1 Å². The van der Waals surface area contributed by atoms with Crippen LogP contribution in [0.3, 0.4) is 0 Å². The van der Waals surface area contributed by atoms with Crippen molar-refractivity contribution in [2.24, 2.45) is 12.1 Å². The summed E-state index contributed by atoms with van der Waals surface area (Å²) < 4.78 is 1.55. The third-order valence-electron chi connectivity index (χ3n) is 3.72. The molecule has 0 bridgehead atoms. The van der Waals surface area contributed by atoms with Crippen LogP contribution in [0.4, 0.5) is 11.5 Å². The molecule has 0 saturated heterocycles. The van der Waals surface area contributed by atoms with Gasteiger partial charge in [-0.25, -0.2) is 4.79 Å². The van der Waals surface area contributed by atoms with Gasteiger partial charge in [-0.1, -0.05) is 18.2 Å². The number of carboxylic acids is 1. The number of hydrogen-bond acceptors (Lipinski definition) is 5. The molecule has 2 N–H and O–H groups in total. The van der Waals surface area contributed by atoms with E-state index in [-0.39, 0.29) is 12.1 Å². The number of anilines is 2. The average Bonchev–Trinajstić information content (AvgIpc) is 3.12. The molecule has 1 amide bonds. The maximum absolute atomic E-state index is 12.4. The molecule has 1 aromatic carbocycles. The van der Waals surface area contributed by atoms with Crippen LogP contribution in [0.15, 0.2) is 41.5 Å². The van der Waals surface area contributed by atoms with Gasteiger partial charge in [-0.05, 0) is 19.1 Å². The second-order valence-corrected chi connectivity index (χ2v) is 5.53. The monoisotopic (exact) mass is 327 g/mol. The third-order valence-corrected chi connectivity index (χ3v) is 3.72. The van der Waals surface area contributed by atoms with Crippen LogP contribution in [0.25, 0.3) is 0 Å². The number of benzene rings is 1. The predicted molar refractivity (Wildman–Crippen MR) is 89.0 cm³/mol. The summed E-state index contributed by atoms with van der Waals surface area (Å²) in [6.07, 6.45) is 0.0346. The number of nitrogens with one attached hydrogen (secondary N) is 1. The Bertz CT molecular complexity index is 812. The molecule has 1 aliphatic rings. The van der Waals surface area contributed by atoms with Crippen molar-refractivity contribution < 1.29 is 14.7 Å². The van der Waals surface area contributed by atoms with E-state index < -0.39 is 17.9 Å². The zero-order chi connectivity index (χ0) is 17.3. The summed E-state index contributed by atoms with van der Waals surface area (Å²) in [6, 6.07) is 9.76. The molecule has 2 heterocycles. The van der Waals surface area contributed by atoms with E-state index in [4.69, 9.17) is 0 Å². The Balaban J connectivity index is 1.84. The highest BCUT2D eigenvalue weighted by Gasteiger charge is 2.36. The van der Waals surface area contributed by atoms with Gasteiger partial charge in [-0.3, -0.25) is 14.5 Å². The molecule has 1 aromatic heterocycles. The number of nitrogens with zero attached hydrogens (tertiary/aromatic N) is 4. The molecule has 0 saturated carbocycles. The molecule has 1 atom stereocenters. The fraction of sp³-hybridized carbons (Fsp3) is 0.250. The van der Waals surface area contributed by atoms with Crippen LogP contribution in [0.5, 0.6) is 0 Å². The minimum Gasteiger partial charge on any atom is -0.480 e. The van der Waals surface area contributed by atoms with Gasteiger partial charge in [-0.15, -0.1) is 0 Å². The lowest BCUT2D eigenvalue weighted by atomic mass is 10.1. The second kappa shape index (κ2) is 6.15. The van der Waals surface area contributed by atoms with Gasteiger partial charge in [0.1, 0.15) is 11.5 Å². The Hall–Kier alpha value is -3.16. The van der Waals surface area contributed by atoms with E-state index in [1.807, 2.05) is 13.0 Å². The maximum Gasteiger partial charge on any atom is 0.328 e. The summed E-state index contributed by atoms with van der Waals surface area (Å²) in [7, 11) is 1.72. The molecule has 1 unspecified atom stereocenters. The molecule has 0 fully saturated rings. The highest BCUT2D eigenvalue weighted by Crippen LogP contribution is 2.25. The van der Waals surface area contributed by atoms with Crippen molar-refractivity contribution in [3.63, 3.8) is 0 Å². The first-order chi connectivity index (χ1) is 11.5. The quantitative estimate of drug-likeness (QED) is 0.884. The molecule has 0 spiro atoms. The molecule has 0 radical (unpaired) electrons. The number of para-hydroxylation sites is 1. The molecule has 2 aromatic rings. The Morgan fingerprint density at radius 1 is 1.29 bits per heavy atom. The van der Waals surface area contributed by atoms with Crippen LogP contribution in [-0.4, -0.2) is 38.5 Å². The third kappa shape index (κ3) is 2.98. The van der Waals surface area contributed by atoms with Crippen molar-refractivity contribution in [1.29, 1.82) is 0 Å². The first-order valence-electron chi connectivity index (χ1n) is 7.42. The van der Waals surface area contributed by atoms with Crippen LogP contribution < -0.4 is 10.3 Å². The first kappa shape index (κ1) is 15.7. The van der Waals surface area contributed by atoms with Gasteiger partial charge in [0.15, 0.2) is 6.04 Å². The van der Waals surface area contributed by atoms with Crippen LogP contribution in [0.1, 0.15) is 12.1 Å². The number of hydrogen-bond donors (Lipinski definition) is 2. The van der Waals surface area contributed by atoms with E-state index in [1.54, 1.807) is 42.1 Å². The zero-order valence-corrected chi connectivity index (χ0v) is 13.3. The summed E-state index contributed by atoms with van der Waals surface area (Å²) in [5.41, 5.74) is 1.57. The number of rotatable bonds is 4. The van der Waals surface area contributed by atoms with Gasteiger partial charge in [0.05, 0.1) is 11.4 Å². The molecular formula is C16H17N5O3. The fourth-order valence-corrected chi connectivity index (χ4v) is 2.57. The molecule has 1 aliphatic heterocycles. The predicted octanol–water partition coefficient (Wildman–Crippen LogP) is 1.39. The Kier molecular flexibility index (Phi) is 4.03. The number of carbonyl (C=O) groups excluding carboxylic acids is 1. The summed E-state index contributed by atoms with van der Waals surface area (Å²) in [4.78, 5) is 23.9. The molecule has 0 aliphatic carbocycles. The lowest BCUT2D eigenvalue weighted by molar-refractivity contribution is -0.138. The van der Waals surface area contributed by atoms with E-state index in [0.717, 1.165) is 5.69 Å². The molecule has 24 heavy (non-hydrogen) atoms. The van der Waals surface area contributed by atoms with Crippen molar-refractivity contribution in [2.75, 3.05) is 10.3 Å². The van der Waals surface area contributed by atoms with E-state index in [9.17, 15) is 14.7 Å². The van der Waals surface area contributed by atoms with Crippen molar-refractivity contribution in [2.45, 2.75) is 19.4 Å². The molecule has 8 nitrogen and oxygen atoms in total. The smallest absolute Gasteiger partial charge is 0.328 e. The van der Waals surface area contributed by atoms with Crippen molar-refractivity contribution in [3.05, 3.63) is 42.1 Å². The zero-order valence-electron chi connectivity index (χ0n) is 13.3. The number of amides is 1. The van der Waals surface area contributed by atoms with E-state index in [0.29, 0.717) is 11.5 Å². The highest BCUT2D eigenvalue weighted by molar-refractivity contribution is 6.44. The van der Waals surface area contributed by atoms with Gasteiger partial charge in [0.2, 0.25) is 0 Å². The summed E-state index contributed by atoms with van der Waals surface area (Å²) >= 11 is 0. The largest absolute Gasteiger partial charge is 0.480 e. The Labute approximate surface area is 138 Å². The fourth-order valence-electron chi connectivity index (χ4n) is 2.57. The minimum atomic E-state index is -1.03. The average molecular weight is 327 g/mol. The summed E-state index contributed by atoms with van der Waals surface area (Å²) in [5, 5.41) is 21.9. The van der Waals surface area contributed by atoms with E-state index in [1.165, 1.54) is 5.01 Å². The van der Waals surface area contributed by atoms with Crippen LogP contribution >= 0.6 is 0 Å². The van der Waals surface area contributed by atoms with Crippen LogP contribution in [-0.2, 0) is 16.6 Å². The summed E-state index contributed by atoms with van der Waals surface area (Å²) in [5.74, 6) is -0.922. The molecular weight excluding hydrogens is 310 g/mol. The normalized spacial score (nSPS) is 16.8. The second-order valence-electron chi connectivity index (χ2n) is 5.53. The first-order valence-corrected chi connectivity index (χ1v) is 7.42.